The summed E-state index contributed by atoms with van der Waals surface area (Å²) in [7, 11) is 0. The second-order valence-corrected chi connectivity index (χ2v) is 6.42. The van der Waals surface area contributed by atoms with Gasteiger partial charge in [-0.1, -0.05) is 38.9 Å². The number of hydrogen-bond donors (Lipinski definition) is 2. The largest absolute Gasteiger partial charge is 0.392 e. The number of amides is 1. The van der Waals surface area contributed by atoms with Crippen LogP contribution < -0.4 is 11.1 Å². The SMILES string of the molecule is CC(C)CNC(=O)C(C)N(CC(N)=S)C1CCCC1. The van der Waals surface area contributed by atoms with Gasteiger partial charge in [0.15, 0.2) is 0 Å². The van der Waals surface area contributed by atoms with Gasteiger partial charge >= 0.3 is 0 Å². The highest BCUT2D eigenvalue weighted by molar-refractivity contribution is 7.80. The normalized spacial score (nSPS) is 17.9. The first-order valence-corrected chi connectivity index (χ1v) is 7.64. The molecule has 1 unspecified atom stereocenters. The van der Waals surface area contributed by atoms with Crippen LogP contribution in [0.2, 0.25) is 0 Å². The number of carbonyl (C=O) groups is 1. The van der Waals surface area contributed by atoms with Gasteiger partial charge in [-0.05, 0) is 25.7 Å². The third kappa shape index (κ3) is 5.45. The summed E-state index contributed by atoms with van der Waals surface area (Å²) in [6.45, 7) is 7.39. The van der Waals surface area contributed by atoms with Gasteiger partial charge in [0.1, 0.15) is 0 Å². The number of rotatable bonds is 7. The monoisotopic (exact) mass is 285 g/mol. The highest BCUT2D eigenvalue weighted by atomic mass is 32.1. The molecule has 0 saturated heterocycles. The number of carbonyl (C=O) groups excluding carboxylic acids is 1. The van der Waals surface area contributed by atoms with Crippen molar-refractivity contribution >= 4 is 23.1 Å². The minimum atomic E-state index is -0.164. The molecule has 19 heavy (non-hydrogen) atoms. The Morgan fingerprint density at radius 3 is 2.42 bits per heavy atom. The standard InChI is InChI=1S/C14H27N3OS/c1-10(2)8-16-14(18)11(3)17(9-13(15)19)12-6-4-5-7-12/h10-12H,4-9H2,1-3H3,(H2,15,19)(H,16,18). The molecule has 0 aromatic heterocycles. The molecule has 1 fully saturated rings. The average Bonchev–Trinajstić information content (AvgIpc) is 2.85. The topological polar surface area (TPSA) is 58.4 Å². The van der Waals surface area contributed by atoms with Crippen LogP contribution in [0, 0.1) is 5.92 Å². The van der Waals surface area contributed by atoms with Gasteiger partial charge in [-0.15, -0.1) is 0 Å². The van der Waals surface area contributed by atoms with Gasteiger partial charge in [0.05, 0.1) is 11.0 Å². The van der Waals surface area contributed by atoms with Crippen molar-refractivity contribution in [2.75, 3.05) is 13.1 Å². The van der Waals surface area contributed by atoms with E-state index in [1.807, 2.05) is 6.92 Å². The lowest BCUT2D eigenvalue weighted by Gasteiger charge is -2.33. The molecule has 4 nitrogen and oxygen atoms in total. The maximum absolute atomic E-state index is 12.2. The molecule has 5 heteroatoms. The Morgan fingerprint density at radius 1 is 1.37 bits per heavy atom. The van der Waals surface area contributed by atoms with E-state index in [1.165, 1.54) is 12.8 Å². The number of hydrogen-bond acceptors (Lipinski definition) is 3. The Bertz CT molecular complexity index is 314. The fourth-order valence-corrected chi connectivity index (χ4v) is 2.75. The lowest BCUT2D eigenvalue weighted by Crippen LogP contribution is -2.52. The molecule has 3 N–H and O–H groups in total. The van der Waals surface area contributed by atoms with Gasteiger partial charge in [0.2, 0.25) is 5.91 Å². The quantitative estimate of drug-likeness (QED) is 0.699. The molecule has 1 saturated carbocycles. The van der Waals surface area contributed by atoms with Crippen LogP contribution in [0.25, 0.3) is 0 Å². The minimum Gasteiger partial charge on any atom is -0.392 e. The van der Waals surface area contributed by atoms with Crippen LogP contribution in [0.1, 0.15) is 46.5 Å². The minimum absolute atomic E-state index is 0.0804. The van der Waals surface area contributed by atoms with E-state index in [9.17, 15) is 4.79 Å². The van der Waals surface area contributed by atoms with Crippen LogP contribution >= 0.6 is 12.2 Å². The van der Waals surface area contributed by atoms with Crippen LogP contribution in [-0.2, 0) is 4.79 Å². The van der Waals surface area contributed by atoms with Crippen molar-refractivity contribution in [3.05, 3.63) is 0 Å². The highest BCUT2D eigenvalue weighted by Gasteiger charge is 2.30. The molecule has 1 amide bonds. The summed E-state index contributed by atoms with van der Waals surface area (Å²) in [5, 5.41) is 2.99. The van der Waals surface area contributed by atoms with Crippen molar-refractivity contribution in [1.29, 1.82) is 0 Å². The van der Waals surface area contributed by atoms with E-state index >= 15 is 0 Å². The van der Waals surface area contributed by atoms with Gasteiger partial charge in [-0.2, -0.15) is 0 Å². The maximum Gasteiger partial charge on any atom is 0.237 e. The van der Waals surface area contributed by atoms with Crippen molar-refractivity contribution in [3.8, 4) is 0 Å². The average molecular weight is 285 g/mol. The summed E-state index contributed by atoms with van der Waals surface area (Å²) >= 11 is 5.02. The first kappa shape index (κ1) is 16.4. The first-order chi connectivity index (χ1) is 8.91. The molecule has 0 heterocycles. The number of nitrogens with one attached hydrogen (secondary N) is 1. The third-order valence-corrected chi connectivity index (χ3v) is 3.82. The predicted octanol–water partition coefficient (Wildman–Crippen LogP) is 1.68. The fraction of sp³-hybridized carbons (Fsp3) is 0.857. The molecule has 0 radical (unpaired) electrons. The van der Waals surface area contributed by atoms with Gasteiger partial charge in [0.25, 0.3) is 0 Å². The predicted molar refractivity (Wildman–Crippen MR) is 83.1 cm³/mol. The maximum atomic E-state index is 12.2. The molecule has 110 valence electrons. The van der Waals surface area contributed by atoms with Gasteiger partial charge in [-0.25, -0.2) is 0 Å². The molecule has 0 bridgehead atoms. The Hall–Kier alpha value is -0.680. The molecule has 0 spiro atoms. The van der Waals surface area contributed by atoms with Crippen molar-refractivity contribution < 1.29 is 4.79 Å². The molecule has 0 aromatic rings. The smallest absolute Gasteiger partial charge is 0.237 e. The van der Waals surface area contributed by atoms with Gasteiger partial charge in [-0.3, -0.25) is 9.69 Å². The van der Waals surface area contributed by atoms with Crippen molar-refractivity contribution in [3.63, 3.8) is 0 Å². The number of nitrogens with zero attached hydrogens (tertiary/aromatic N) is 1. The van der Waals surface area contributed by atoms with Crippen LogP contribution in [0.15, 0.2) is 0 Å². The second kappa shape index (κ2) is 7.80. The summed E-state index contributed by atoms with van der Waals surface area (Å²) in [6.07, 6.45) is 4.76. The van der Waals surface area contributed by atoms with E-state index in [0.717, 1.165) is 19.4 Å². The molecule has 0 aliphatic heterocycles. The van der Waals surface area contributed by atoms with E-state index in [1.54, 1.807) is 0 Å². The fourth-order valence-electron chi connectivity index (χ4n) is 2.60. The lowest BCUT2D eigenvalue weighted by atomic mass is 10.1. The van der Waals surface area contributed by atoms with Crippen molar-refractivity contribution in [2.24, 2.45) is 11.7 Å². The molecule has 1 aliphatic rings. The van der Waals surface area contributed by atoms with Crippen molar-refractivity contribution in [1.82, 2.24) is 10.2 Å². The Labute approximate surface area is 122 Å². The van der Waals surface area contributed by atoms with E-state index < -0.39 is 0 Å². The summed E-state index contributed by atoms with van der Waals surface area (Å²) in [5.41, 5.74) is 5.68. The zero-order valence-electron chi connectivity index (χ0n) is 12.3. The van der Waals surface area contributed by atoms with E-state index in [0.29, 0.717) is 23.5 Å². The van der Waals surface area contributed by atoms with Crippen LogP contribution in [0.3, 0.4) is 0 Å². The Kier molecular flexibility index (Phi) is 6.72. The Morgan fingerprint density at radius 2 is 1.95 bits per heavy atom. The van der Waals surface area contributed by atoms with E-state index in [4.69, 9.17) is 18.0 Å². The van der Waals surface area contributed by atoms with E-state index in [-0.39, 0.29) is 11.9 Å². The molecule has 1 aliphatic carbocycles. The molecule has 1 rings (SSSR count). The summed E-state index contributed by atoms with van der Waals surface area (Å²) in [5.74, 6) is 0.545. The third-order valence-electron chi connectivity index (χ3n) is 3.69. The lowest BCUT2D eigenvalue weighted by molar-refractivity contribution is -0.126. The molecular formula is C14H27N3OS. The first-order valence-electron chi connectivity index (χ1n) is 7.23. The van der Waals surface area contributed by atoms with Gasteiger partial charge in [0, 0.05) is 19.1 Å². The van der Waals surface area contributed by atoms with Crippen LogP contribution in [0.4, 0.5) is 0 Å². The summed E-state index contributed by atoms with van der Waals surface area (Å²) in [6, 6.07) is 0.282. The zero-order valence-corrected chi connectivity index (χ0v) is 13.1. The van der Waals surface area contributed by atoms with E-state index in [2.05, 4.69) is 24.1 Å². The summed E-state index contributed by atoms with van der Waals surface area (Å²) < 4.78 is 0. The molecular weight excluding hydrogens is 258 g/mol. The zero-order chi connectivity index (χ0) is 14.4. The molecule has 0 aromatic carbocycles. The number of thiocarbonyl (C=S) groups is 1. The van der Waals surface area contributed by atoms with Crippen LogP contribution in [0.5, 0.6) is 0 Å². The van der Waals surface area contributed by atoms with Gasteiger partial charge < -0.3 is 11.1 Å². The van der Waals surface area contributed by atoms with Crippen LogP contribution in [-0.4, -0.2) is 41.0 Å². The highest BCUT2D eigenvalue weighted by Crippen LogP contribution is 2.25. The number of nitrogens with two attached hydrogens (primary N) is 1. The van der Waals surface area contributed by atoms with Crippen molar-refractivity contribution in [2.45, 2.75) is 58.5 Å². The molecule has 1 atom stereocenters. The summed E-state index contributed by atoms with van der Waals surface area (Å²) in [4.78, 5) is 14.8. The Balaban J connectivity index is 2.61. The second-order valence-electron chi connectivity index (χ2n) is 5.89.